The highest BCUT2D eigenvalue weighted by Crippen LogP contribution is 2.38. The van der Waals surface area contributed by atoms with E-state index in [1.807, 2.05) is 0 Å². The van der Waals surface area contributed by atoms with Crippen LogP contribution in [-0.2, 0) is 0 Å². The van der Waals surface area contributed by atoms with E-state index in [2.05, 4.69) is 25.6 Å². The fourth-order valence-corrected chi connectivity index (χ4v) is 2.05. The van der Waals surface area contributed by atoms with Crippen LogP contribution in [0.3, 0.4) is 0 Å². The Bertz CT molecular complexity index is 866. The van der Waals surface area contributed by atoms with Crippen molar-refractivity contribution in [3.8, 4) is 11.5 Å². The van der Waals surface area contributed by atoms with Crippen molar-refractivity contribution in [3.05, 3.63) is 39.9 Å². The Hall–Kier alpha value is -3.01. The van der Waals surface area contributed by atoms with Crippen LogP contribution >= 0.6 is 11.6 Å². The summed E-state index contributed by atoms with van der Waals surface area (Å²) >= 11 is 6.12. The van der Waals surface area contributed by atoms with Crippen LogP contribution in [0.4, 0.5) is 11.5 Å². The molecule has 0 spiro atoms. The molecule has 0 aliphatic carbocycles. The van der Waals surface area contributed by atoms with Crippen LogP contribution in [0.2, 0.25) is 5.02 Å². The van der Waals surface area contributed by atoms with Crippen molar-refractivity contribution in [1.29, 1.82) is 0 Å². The van der Waals surface area contributed by atoms with Crippen LogP contribution in [0.5, 0.6) is 11.5 Å². The van der Waals surface area contributed by atoms with Gasteiger partial charge in [-0.15, -0.1) is 10.2 Å². The molecule has 112 valence electrons. The first kappa shape index (κ1) is 13.9. The third-order valence-corrected chi connectivity index (χ3v) is 3.13. The average molecular weight is 322 g/mol. The zero-order valence-electron chi connectivity index (χ0n) is 11.1. The minimum Gasteiger partial charge on any atom is -0.450 e. The third kappa shape index (κ3) is 2.35. The number of nitrogens with one attached hydrogen (secondary N) is 1. The lowest BCUT2D eigenvalue weighted by Crippen LogP contribution is -2.01. The highest BCUT2D eigenvalue weighted by Gasteiger charge is 2.22. The van der Waals surface area contributed by atoms with Crippen molar-refractivity contribution in [1.82, 2.24) is 24.8 Å². The van der Waals surface area contributed by atoms with Crippen molar-refractivity contribution >= 4 is 28.8 Å². The van der Waals surface area contributed by atoms with Gasteiger partial charge in [-0.05, 0) is 9.91 Å². The number of anilines is 1. The zero-order valence-corrected chi connectivity index (χ0v) is 11.9. The normalized spacial score (nSPS) is 10.6. The molecule has 0 unspecified atom stereocenters. The number of pyridine rings is 1. The van der Waals surface area contributed by atoms with Crippen LogP contribution in [0.1, 0.15) is 0 Å². The number of nitrogens with zero attached hydrogens (tertiary/aromatic N) is 6. The van der Waals surface area contributed by atoms with E-state index in [1.165, 1.54) is 30.3 Å². The van der Waals surface area contributed by atoms with E-state index < -0.39 is 4.92 Å². The average Bonchev–Trinajstić information content (AvgIpc) is 2.96. The van der Waals surface area contributed by atoms with Gasteiger partial charge in [0.2, 0.25) is 0 Å². The number of hydrogen-bond donors (Lipinski definition) is 1. The molecule has 11 heteroatoms. The lowest BCUT2D eigenvalue weighted by molar-refractivity contribution is -0.388. The fraction of sp³-hybridized carbons (Fsp3) is 0.0909. The Morgan fingerprint density at radius 1 is 1.45 bits per heavy atom. The van der Waals surface area contributed by atoms with E-state index in [-0.39, 0.29) is 22.3 Å². The molecule has 0 saturated carbocycles. The quantitative estimate of drug-likeness (QED) is 0.571. The van der Waals surface area contributed by atoms with E-state index in [0.29, 0.717) is 11.4 Å². The molecule has 10 nitrogen and oxygen atoms in total. The summed E-state index contributed by atoms with van der Waals surface area (Å²) in [5.41, 5.74) is 0.554. The van der Waals surface area contributed by atoms with Crippen molar-refractivity contribution in [2.45, 2.75) is 0 Å². The van der Waals surface area contributed by atoms with Gasteiger partial charge in [0.05, 0.1) is 6.20 Å². The topological polar surface area (TPSA) is 120 Å². The molecule has 3 heterocycles. The van der Waals surface area contributed by atoms with Crippen molar-refractivity contribution in [2.75, 3.05) is 12.4 Å². The summed E-state index contributed by atoms with van der Waals surface area (Å²) in [6.07, 6.45) is 4.06. The lowest BCUT2D eigenvalue weighted by Gasteiger charge is -2.09. The zero-order chi connectivity index (χ0) is 15.7. The summed E-state index contributed by atoms with van der Waals surface area (Å²) in [5.74, 6) is 0.119. The molecular formula is C11H8ClN7O3. The predicted molar refractivity (Wildman–Crippen MR) is 76.3 cm³/mol. The number of rotatable bonds is 4. The molecule has 0 aliphatic rings. The first-order chi connectivity index (χ1) is 10.6. The van der Waals surface area contributed by atoms with E-state index in [1.54, 1.807) is 6.07 Å². The maximum Gasteiger partial charge on any atom is 0.388 e. The standard InChI is InChI=1S/C11H8ClN7O3/c1-13-10-9(12)7(4-14-11(10)19(20)21)22-6-2-8-17-15-5-18(8)16-3-6/h2-5,13H,1H3. The number of aromatic nitrogens is 5. The molecule has 3 aromatic rings. The first-order valence-electron chi connectivity index (χ1n) is 5.94. The number of nitro groups is 1. The van der Waals surface area contributed by atoms with Gasteiger partial charge in [-0.2, -0.15) is 5.10 Å². The Kier molecular flexibility index (Phi) is 3.43. The first-order valence-corrected chi connectivity index (χ1v) is 6.32. The van der Waals surface area contributed by atoms with Crippen LogP contribution in [0.15, 0.2) is 24.8 Å². The molecule has 0 atom stereocenters. The third-order valence-electron chi connectivity index (χ3n) is 2.75. The molecule has 0 aliphatic heterocycles. The second kappa shape index (κ2) is 5.41. The molecule has 0 fully saturated rings. The van der Waals surface area contributed by atoms with Crippen molar-refractivity contribution in [3.63, 3.8) is 0 Å². The van der Waals surface area contributed by atoms with Gasteiger partial charge in [-0.25, -0.2) is 4.52 Å². The van der Waals surface area contributed by atoms with Crippen LogP contribution < -0.4 is 10.1 Å². The Morgan fingerprint density at radius 2 is 2.27 bits per heavy atom. The molecule has 3 rings (SSSR count). The van der Waals surface area contributed by atoms with Crippen LogP contribution in [0, 0.1) is 10.1 Å². The molecule has 0 amide bonds. The molecular weight excluding hydrogens is 314 g/mol. The molecule has 1 N–H and O–H groups in total. The Balaban J connectivity index is 1.99. The summed E-state index contributed by atoms with van der Waals surface area (Å²) in [6.45, 7) is 0. The van der Waals surface area contributed by atoms with Gasteiger partial charge >= 0.3 is 5.82 Å². The maximum absolute atomic E-state index is 10.9. The van der Waals surface area contributed by atoms with Gasteiger partial charge in [0, 0.05) is 13.1 Å². The van der Waals surface area contributed by atoms with E-state index in [9.17, 15) is 10.1 Å². The van der Waals surface area contributed by atoms with Gasteiger partial charge in [-0.3, -0.25) is 0 Å². The van der Waals surface area contributed by atoms with Gasteiger partial charge in [0.1, 0.15) is 11.3 Å². The fourth-order valence-electron chi connectivity index (χ4n) is 1.78. The van der Waals surface area contributed by atoms with Gasteiger partial charge in [0.15, 0.2) is 29.0 Å². The molecule has 22 heavy (non-hydrogen) atoms. The molecule has 0 saturated heterocycles. The van der Waals surface area contributed by atoms with E-state index >= 15 is 0 Å². The second-order valence-corrected chi connectivity index (χ2v) is 4.45. The van der Waals surface area contributed by atoms with E-state index in [0.717, 1.165) is 0 Å². The number of ether oxygens (including phenoxy) is 1. The second-order valence-electron chi connectivity index (χ2n) is 4.07. The van der Waals surface area contributed by atoms with Gasteiger partial charge in [0.25, 0.3) is 0 Å². The summed E-state index contributed by atoms with van der Waals surface area (Å²) in [4.78, 5) is 14.0. The van der Waals surface area contributed by atoms with Crippen molar-refractivity contribution in [2.24, 2.45) is 0 Å². The largest absolute Gasteiger partial charge is 0.450 e. The van der Waals surface area contributed by atoms with Gasteiger partial charge in [-0.1, -0.05) is 11.6 Å². The Labute approximate surface area is 127 Å². The summed E-state index contributed by atoms with van der Waals surface area (Å²) < 4.78 is 7.02. The molecule has 0 bridgehead atoms. The number of fused-ring (bicyclic) bond motifs is 1. The van der Waals surface area contributed by atoms with E-state index in [4.69, 9.17) is 16.3 Å². The highest BCUT2D eigenvalue weighted by molar-refractivity contribution is 6.35. The predicted octanol–water partition coefficient (Wildman–Crippen LogP) is 1.91. The molecule has 0 radical (unpaired) electrons. The van der Waals surface area contributed by atoms with Crippen LogP contribution in [0.25, 0.3) is 5.65 Å². The molecule has 0 aromatic carbocycles. The number of hydrogen-bond acceptors (Lipinski definition) is 8. The lowest BCUT2D eigenvalue weighted by atomic mass is 10.3. The van der Waals surface area contributed by atoms with Crippen LogP contribution in [-0.4, -0.2) is 36.8 Å². The Morgan fingerprint density at radius 3 is 3.00 bits per heavy atom. The maximum atomic E-state index is 10.9. The SMILES string of the molecule is CNc1c([N+](=O)[O-])ncc(Oc2cnn3cnnc3c2)c1Cl. The monoisotopic (exact) mass is 321 g/mol. The smallest absolute Gasteiger partial charge is 0.388 e. The highest BCUT2D eigenvalue weighted by atomic mass is 35.5. The van der Waals surface area contributed by atoms with Gasteiger partial charge < -0.3 is 20.2 Å². The minimum atomic E-state index is -0.634. The molecule has 3 aromatic heterocycles. The summed E-state index contributed by atoms with van der Waals surface area (Å²) in [7, 11) is 1.50. The minimum absolute atomic E-state index is 0.0468. The summed E-state index contributed by atoms with van der Waals surface area (Å²) in [5, 5.41) is 25.1. The summed E-state index contributed by atoms with van der Waals surface area (Å²) in [6, 6.07) is 1.59. The number of halogens is 1. The van der Waals surface area contributed by atoms with Crippen molar-refractivity contribution < 1.29 is 9.66 Å².